The Morgan fingerprint density at radius 3 is 2.76 bits per heavy atom. The number of anilines is 1. The summed E-state index contributed by atoms with van der Waals surface area (Å²) in [6.45, 7) is 4.64. The number of halogens is 1. The van der Waals surface area contributed by atoms with Crippen LogP contribution in [0.25, 0.3) is 0 Å². The second kappa shape index (κ2) is 9.91. The summed E-state index contributed by atoms with van der Waals surface area (Å²) in [4.78, 5) is 20.7. The zero-order chi connectivity index (χ0) is 20.6. The number of aliphatic imine (C=N–C) groups is 1. The van der Waals surface area contributed by atoms with Crippen molar-refractivity contribution in [3.63, 3.8) is 0 Å². The number of fused-ring (bicyclic) bond motifs is 1. The van der Waals surface area contributed by atoms with Crippen molar-refractivity contribution < 1.29 is 13.9 Å². The third-order valence-corrected chi connectivity index (χ3v) is 4.64. The number of guanidine groups is 1. The van der Waals surface area contributed by atoms with E-state index in [0.717, 1.165) is 35.9 Å². The molecule has 1 aliphatic rings. The van der Waals surface area contributed by atoms with Gasteiger partial charge in [-0.25, -0.2) is 4.39 Å². The van der Waals surface area contributed by atoms with Gasteiger partial charge < -0.3 is 19.9 Å². The van der Waals surface area contributed by atoms with E-state index in [1.165, 1.54) is 12.1 Å². The van der Waals surface area contributed by atoms with Crippen LogP contribution in [-0.2, 0) is 11.3 Å². The highest BCUT2D eigenvalue weighted by molar-refractivity contribution is 5.97. The predicted molar refractivity (Wildman–Crippen MR) is 113 cm³/mol. The van der Waals surface area contributed by atoms with Crippen molar-refractivity contribution in [2.75, 3.05) is 38.2 Å². The van der Waals surface area contributed by atoms with Crippen LogP contribution in [0.5, 0.6) is 5.75 Å². The molecule has 29 heavy (non-hydrogen) atoms. The van der Waals surface area contributed by atoms with E-state index in [1.54, 1.807) is 17.0 Å². The molecule has 0 bridgehead atoms. The Hall–Kier alpha value is -3.09. The third-order valence-electron chi connectivity index (χ3n) is 4.64. The molecule has 0 spiro atoms. The number of amides is 1. The quantitative estimate of drug-likeness (QED) is 0.443. The number of carbonyl (C=O) groups excluding carboxylic acids is 1. The number of benzene rings is 2. The highest BCUT2D eigenvalue weighted by Crippen LogP contribution is 2.31. The fourth-order valence-corrected chi connectivity index (χ4v) is 3.22. The van der Waals surface area contributed by atoms with Gasteiger partial charge in [0.15, 0.2) is 12.6 Å². The van der Waals surface area contributed by atoms with E-state index in [9.17, 15) is 9.18 Å². The Bertz CT molecular complexity index is 854. The maximum atomic E-state index is 13.1. The van der Waals surface area contributed by atoms with Gasteiger partial charge in [0.05, 0.1) is 5.69 Å². The van der Waals surface area contributed by atoms with Gasteiger partial charge in [0.1, 0.15) is 11.6 Å². The molecule has 0 aromatic heterocycles. The molecule has 2 aromatic rings. The molecule has 1 heterocycles. The molecule has 3 rings (SSSR count). The van der Waals surface area contributed by atoms with Crippen LogP contribution in [0.3, 0.4) is 0 Å². The number of nitrogens with one attached hydrogen (secondary N) is 1. The molecule has 0 fully saturated rings. The average Bonchev–Trinajstić information content (AvgIpc) is 2.73. The Labute approximate surface area is 171 Å². The zero-order valence-corrected chi connectivity index (χ0v) is 16.9. The largest absolute Gasteiger partial charge is 0.482 e. The molecule has 0 aliphatic carbocycles. The van der Waals surface area contributed by atoms with E-state index in [2.05, 4.69) is 10.3 Å². The lowest BCUT2D eigenvalue weighted by atomic mass is 10.2. The molecule has 6 nitrogen and oxygen atoms in total. The van der Waals surface area contributed by atoms with Crippen LogP contribution in [-0.4, -0.2) is 50.1 Å². The topological polar surface area (TPSA) is 57.2 Å². The van der Waals surface area contributed by atoms with E-state index >= 15 is 0 Å². The van der Waals surface area contributed by atoms with Gasteiger partial charge in [-0.1, -0.05) is 24.3 Å². The van der Waals surface area contributed by atoms with Crippen molar-refractivity contribution in [3.05, 3.63) is 59.9 Å². The first kappa shape index (κ1) is 20.6. The number of para-hydroxylation sites is 2. The van der Waals surface area contributed by atoms with Gasteiger partial charge in [0.2, 0.25) is 0 Å². The van der Waals surface area contributed by atoms with Crippen LogP contribution in [0.15, 0.2) is 53.5 Å². The lowest BCUT2D eigenvalue weighted by Crippen LogP contribution is -2.40. The number of carbonyl (C=O) groups is 1. The molecule has 0 atom stereocenters. The molecule has 0 saturated heterocycles. The predicted octanol–water partition coefficient (Wildman–Crippen LogP) is 3.04. The van der Waals surface area contributed by atoms with Crippen molar-refractivity contribution in [3.8, 4) is 5.75 Å². The van der Waals surface area contributed by atoms with E-state index in [0.29, 0.717) is 19.6 Å². The first-order valence-corrected chi connectivity index (χ1v) is 9.84. The summed E-state index contributed by atoms with van der Waals surface area (Å²) in [5.41, 5.74) is 1.82. The number of hydrogen-bond acceptors (Lipinski definition) is 3. The molecule has 0 radical (unpaired) electrons. The molecule has 7 heteroatoms. The summed E-state index contributed by atoms with van der Waals surface area (Å²) >= 11 is 0. The van der Waals surface area contributed by atoms with Gasteiger partial charge in [-0.15, -0.1) is 0 Å². The Morgan fingerprint density at radius 2 is 2.00 bits per heavy atom. The SMILES string of the molecule is CCNC(=NCCCN1C(=O)COc2ccccc21)N(C)Cc1ccc(F)cc1. The lowest BCUT2D eigenvalue weighted by Gasteiger charge is -2.29. The minimum Gasteiger partial charge on any atom is -0.482 e. The summed E-state index contributed by atoms with van der Waals surface area (Å²) in [6.07, 6.45) is 0.735. The van der Waals surface area contributed by atoms with Crippen LogP contribution >= 0.6 is 0 Å². The average molecular weight is 398 g/mol. The van der Waals surface area contributed by atoms with Gasteiger partial charge in [0.25, 0.3) is 5.91 Å². The molecular formula is C22H27FN4O2. The van der Waals surface area contributed by atoms with Crippen LogP contribution in [0.2, 0.25) is 0 Å². The molecule has 2 aromatic carbocycles. The minimum absolute atomic E-state index is 0.0342. The lowest BCUT2D eigenvalue weighted by molar-refractivity contribution is -0.121. The third kappa shape index (κ3) is 5.47. The van der Waals surface area contributed by atoms with Crippen molar-refractivity contribution in [2.24, 2.45) is 4.99 Å². The van der Waals surface area contributed by atoms with Crippen LogP contribution < -0.4 is 15.0 Å². The maximum Gasteiger partial charge on any atom is 0.265 e. The molecule has 1 aliphatic heterocycles. The van der Waals surface area contributed by atoms with E-state index in [4.69, 9.17) is 4.74 Å². The fraction of sp³-hybridized carbons (Fsp3) is 0.364. The normalized spacial score (nSPS) is 13.7. The van der Waals surface area contributed by atoms with E-state index < -0.39 is 0 Å². The van der Waals surface area contributed by atoms with Crippen molar-refractivity contribution >= 4 is 17.6 Å². The van der Waals surface area contributed by atoms with E-state index in [1.807, 2.05) is 43.1 Å². The van der Waals surface area contributed by atoms with Crippen molar-refractivity contribution in [2.45, 2.75) is 19.9 Å². The Balaban J connectivity index is 1.58. The number of rotatable bonds is 7. The Morgan fingerprint density at radius 1 is 1.24 bits per heavy atom. The van der Waals surface area contributed by atoms with Crippen LogP contribution in [0, 0.1) is 5.82 Å². The monoisotopic (exact) mass is 398 g/mol. The second-order valence-electron chi connectivity index (χ2n) is 6.87. The minimum atomic E-state index is -0.240. The van der Waals surface area contributed by atoms with Gasteiger partial charge in [0, 0.05) is 33.2 Å². The molecular weight excluding hydrogens is 371 g/mol. The van der Waals surface area contributed by atoms with Gasteiger partial charge in [-0.3, -0.25) is 9.79 Å². The zero-order valence-electron chi connectivity index (χ0n) is 16.9. The highest BCUT2D eigenvalue weighted by Gasteiger charge is 2.24. The summed E-state index contributed by atoms with van der Waals surface area (Å²) in [6, 6.07) is 14.1. The summed E-state index contributed by atoms with van der Waals surface area (Å²) < 4.78 is 18.6. The standard InChI is InChI=1S/C22H27FN4O2/c1-3-24-22(26(2)15-17-9-11-18(23)12-10-17)25-13-6-14-27-19-7-4-5-8-20(19)29-16-21(27)28/h4-5,7-12H,3,6,13-16H2,1-2H3,(H,24,25). The molecule has 1 amide bonds. The number of nitrogens with zero attached hydrogens (tertiary/aromatic N) is 3. The Kier molecular flexibility index (Phi) is 7.05. The van der Waals surface area contributed by atoms with Crippen molar-refractivity contribution in [1.82, 2.24) is 10.2 Å². The second-order valence-corrected chi connectivity index (χ2v) is 6.87. The summed E-state index contributed by atoms with van der Waals surface area (Å²) in [5, 5.41) is 3.28. The van der Waals surface area contributed by atoms with Gasteiger partial charge in [-0.05, 0) is 43.2 Å². The maximum absolute atomic E-state index is 13.1. The summed E-state index contributed by atoms with van der Waals surface area (Å²) in [7, 11) is 1.95. The van der Waals surface area contributed by atoms with Crippen LogP contribution in [0.4, 0.5) is 10.1 Å². The fourth-order valence-electron chi connectivity index (χ4n) is 3.22. The molecule has 0 saturated carbocycles. The highest BCUT2D eigenvalue weighted by atomic mass is 19.1. The smallest absolute Gasteiger partial charge is 0.265 e. The first-order valence-electron chi connectivity index (χ1n) is 9.84. The molecule has 1 N–H and O–H groups in total. The summed E-state index contributed by atoms with van der Waals surface area (Å²) in [5.74, 6) is 1.25. The molecule has 0 unspecified atom stereocenters. The van der Waals surface area contributed by atoms with Crippen LogP contribution in [0.1, 0.15) is 18.9 Å². The number of ether oxygens (including phenoxy) is 1. The van der Waals surface area contributed by atoms with Crippen molar-refractivity contribution in [1.29, 1.82) is 0 Å². The van der Waals surface area contributed by atoms with Gasteiger partial charge >= 0.3 is 0 Å². The first-order chi connectivity index (χ1) is 14.1. The molecule has 154 valence electrons. The van der Waals surface area contributed by atoms with Gasteiger partial charge in [-0.2, -0.15) is 0 Å². The van der Waals surface area contributed by atoms with E-state index in [-0.39, 0.29) is 18.3 Å². The number of hydrogen-bond donors (Lipinski definition) is 1.